The van der Waals surface area contributed by atoms with Crippen LogP contribution in [0.15, 0.2) is 0 Å². The molecule has 0 saturated carbocycles. The van der Waals surface area contributed by atoms with Crippen molar-refractivity contribution in [1.82, 2.24) is 5.32 Å². The topological polar surface area (TPSA) is 83.5 Å². The lowest BCUT2D eigenvalue weighted by Gasteiger charge is -1.97. The summed E-state index contributed by atoms with van der Waals surface area (Å²) in [4.78, 5) is 30.7. The molecule has 1 amide bonds. The Morgan fingerprint density at radius 2 is 1.91 bits per heavy atom. The molecule has 0 rings (SSSR count). The third-order valence-corrected chi connectivity index (χ3v) is 0.846. The molecule has 0 bridgehead atoms. The van der Waals surface area contributed by atoms with Crippen LogP contribution in [0.25, 0.3) is 0 Å². The first-order chi connectivity index (χ1) is 5.02. The minimum atomic E-state index is -1.20. The van der Waals surface area contributed by atoms with E-state index in [0.717, 1.165) is 0 Å². The number of hydrogen-bond donors (Lipinski definition) is 2. The first kappa shape index (κ1) is 9.61. The van der Waals surface area contributed by atoms with Crippen LogP contribution in [-0.2, 0) is 14.4 Å². The summed E-state index contributed by atoms with van der Waals surface area (Å²) in [7, 11) is 0. The van der Waals surface area contributed by atoms with Crippen LogP contribution < -0.4 is 5.32 Å². The van der Waals surface area contributed by atoms with Gasteiger partial charge in [-0.3, -0.25) is 14.4 Å². The Bertz CT molecular complexity index is 187. The van der Waals surface area contributed by atoms with Crippen molar-refractivity contribution in [3.8, 4) is 0 Å². The fraction of sp³-hybridized carbons (Fsp3) is 0.500. The van der Waals surface area contributed by atoms with Crippen LogP contribution in [0.2, 0.25) is 0 Å². The van der Waals surface area contributed by atoms with E-state index in [9.17, 15) is 14.4 Å². The molecule has 0 aliphatic heterocycles. The van der Waals surface area contributed by atoms with Crippen LogP contribution in [0.5, 0.6) is 0 Å². The minimum absolute atomic E-state index is 0.105. The van der Waals surface area contributed by atoms with Gasteiger partial charge < -0.3 is 10.4 Å². The van der Waals surface area contributed by atoms with Gasteiger partial charge in [0.05, 0.1) is 6.54 Å². The van der Waals surface area contributed by atoms with Crippen molar-refractivity contribution >= 4 is 17.7 Å². The molecule has 0 aliphatic carbocycles. The monoisotopic (exact) mass is 159 g/mol. The average Bonchev–Trinajstić information content (AvgIpc) is 1.82. The third-order valence-electron chi connectivity index (χ3n) is 0.846. The molecule has 5 nitrogen and oxygen atoms in total. The van der Waals surface area contributed by atoms with Crippen molar-refractivity contribution in [2.24, 2.45) is 0 Å². The zero-order valence-corrected chi connectivity index (χ0v) is 6.09. The Balaban J connectivity index is 3.53. The van der Waals surface area contributed by atoms with E-state index in [1.54, 1.807) is 0 Å². The summed E-state index contributed by atoms with van der Waals surface area (Å²) in [5.74, 6) is -2.05. The van der Waals surface area contributed by atoms with E-state index in [0.29, 0.717) is 0 Å². The maximum Gasteiger partial charge on any atom is 0.312 e. The van der Waals surface area contributed by atoms with Crippen molar-refractivity contribution in [3.63, 3.8) is 0 Å². The number of amides is 1. The van der Waals surface area contributed by atoms with Crippen LogP contribution in [0.4, 0.5) is 0 Å². The maximum atomic E-state index is 10.5. The highest BCUT2D eigenvalue weighted by atomic mass is 16.4. The SMILES string of the molecule is CC(=O)CNC(=O)CC(=O)O. The molecule has 5 heteroatoms. The van der Waals surface area contributed by atoms with E-state index in [1.165, 1.54) is 6.92 Å². The second-order valence-electron chi connectivity index (χ2n) is 2.05. The number of hydrogen-bond acceptors (Lipinski definition) is 3. The van der Waals surface area contributed by atoms with Crippen LogP contribution in [-0.4, -0.2) is 29.3 Å². The molecule has 0 spiro atoms. The molecule has 62 valence electrons. The van der Waals surface area contributed by atoms with Crippen LogP contribution in [0.3, 0.4) is 0 Å². The quantitative estimate of drug-likeness (QED) is 0.524. The highest BCUT2D eigenvalue weighted by Gasteiger charge is 2.06. The summed E-state index contributed by atoms with van der Waals surface area (Å²) in [5, 5.41) is 10.2. The molecule has 11 heavy (non-hydrogen) atoms. The first-order valence-electron chi connectivity index (χ1n) is 3.00. The Morgan fingerprint density at radius 3 is 2.27 bits per heavy atom. The zero-order chi connectivity index (χ0) is 8.85. The Kier molecular flexibility index (Phi) is 3.87. The highest BCUT2D eigenvalue weighted by molar-refractivity contribution is 5.95. The lowest BCUT2D eigenvalue weighted by molar-refractivity contribution is -0.141. The van der Waals surface area contributed by atoms with Gasteiger partial charge in [-0.25, -0.2) is 0 Å². The molecule has 0 saturated heterocycles. The molecule has 2 N–H and O–H groups in total. The lowest BCUT2D eigenvalue weighted by Crippen LogP contribution is -2.29. The van der Waals surface area contributed by atoms with E-state index in [2.05, 4.69) is 5.32 Å². The first-order valence-corrected chi connectivity index (χ1v) is 3.00. The number of nitrogens with one attached hydrogen (secondary N) is 1. The molecule has 0 aromatic rings. The van der Waals surface area contributed by atoms with E-state index in [4.69, 9.17) is 5.11 Å². The summed E-state index contributed by atoms with van der Waals surface area (Å²) < 4.78 is 0. The molecule has 0 aromatic carbocycles. The molecule has 0 fully saturated rings. The van der Waals surface area contributed by atoms with Gasteiger partial charge in [0.2, 0.25) is 5.91 Å². The number of carbonyl (C=O) groups excluding carboxylic acids is 2. The van der Waals surface area contributed by atoms with E-state index in [1.807, 2.05) is 0 Å². The normalized spacial score (nSPS) is 8.82. The molecule has 0 atom stereocenters. The van der Waals surface area contributed by atoms with E-state index < -0.39 is 18.3 Å². The second kappa shape index (κ2) is 4.43. The smallest absolute Gasteiger partial charge is 0.312 e. The lowest BCUT2D eigenvalue weighted by atomic mass is 10.4. The van der Waals surface area contributed by atoms with Crippen molar-refractivity contribution in [2.75, 3.05) is 6.54 Å². The predicted molar refractivity (Wildman–Crippen MR) is 35.9 cm³/mol. The number of rotatable bonds is 4. The van der Waals surface area contributed by atoms with Crippen molar-refractivity contribution in [2.45, 2.75) is 13.3 Å². The van der Waals surface area contributed by atoms with Gasteiger partial charge in [0, 0.05) is 0 Å². The zero-order valence-electron chi connectivity index (χ0n) is 6.09. The number of aliphatic carboxylic acids is 1. The molecule has 0 radical (unpaired) electrons. The summed E-state index contributed by atoms with van der Waals surface area (Å²) in [5.41, 5.74) is 0. The Labute approximate surface area is 63.4 Å². The van der Waals surface area contributed by atoms with Crippen molar-refractivity contribution in [1.29, 1.82) is 0 Å². The number of carbonyl (C=O) groups is 3. The van der Waals surface area contributed by atoms with Crippen LogP contribution >= 0.6 is 0 Å². The summed E-state index contributed by atoms with van der Waals surface area (Å²) in [6.07, 6.45) is -0.590. The van der Waals surface area contributed by atoms with Gasteiger partial charge in [-0.15, -0.1) is 0 Å². The number of Topliss-reactive ketones (excluding diaryl/α,β-unsaturated/α-hetero) is 1. The van der Waals surface area contributed by atoms with Crippen molar-refractivity contribution in [3.05, 3.63) is 0 Å². The molecular weight excluding hydrogens is 150 g/mol. The fourth-order valence-corrected chi connectivity index (χ4v) is 0.423. The number of carboxylic acid groups (broad SMARTS) is 1. The fourth-order valence-electron chi connectivity index (χ4n) is 0.423. The van der Waals surface area contributed by atoms with Gasteiger partial charge in [0.1, 0.15) is 12.2 Å². The van der Waals surface area contributed by atoms with Gasteiger partial charge >= 0.3 is 5.97 Å². The highest BCUT2D eigenvalue weighted by Crippen LogP contribution is 1.78. The summed E-state index contributed by atoms with van der Waals surface area (Å²) in [6.45, 7) is 1.20. The Hall–Kier alpha value is -1.39. The van der Waals surface area contributed by atoms with E-state index >= 15 is 0 Å². The Morgan fingerprint density at radius 1 is 1.36 bits per heavy atom. The summed E-state index contributed by atoms with van der Waals surface area (Å²) >= 11 is 0. The minimum Gasteiger partial charge on any atom is -0.481 e. The standard InChI is InChI=1S/C6H9NO4/c1-4(8)3-7-5(9)2-6(10)11/h2-3H2,1H3,(H,7,9)(H,10,11). The van der Waals surface area contributed by atoms with Gasteiger partial charge in [-0.2, -0.15) is 0 Å². The molecule has 0 unspecified atom stereocenters. The average molecular weight is 159 g/mol. The molecular formula is C6H9NO4. The van der Waals surface area contributed by atoms with Gasteiger partial charge in [-0.1, -0.05) is 0 Å². The number of ketones is 1. The van der Waals surface area contributed by atoms with Gasteiger partial charge in [0.15, 0.2) is 0 Å². The van der Waals surface area contributed by atoms with Gasteiger partial charge in [-0.05, 0) is 6.92 Å². The maximum absolute atomic E-state index is 10.5. The largest absolute Gasteiger partial charge is 0.481 e. The molecule has 0 aromatic heterocycles. The second-order valence-corrected chi connectivity index (χ2v) is 2.05. The number of carboxylic acids is 1. The predicted octanol–water partition coefficient (Wildman–Crippen LogP) is -0.834. The van der Waals surface area contributed by atoms with Gasteiger partial charge in [0.25, 0.3) is 0 Å². The third kappa shape index (κ3) is 6.50. The van der Waals surface area contributed by atoms with Crippen LogP contribution in [0, 0.1) is 0 Å². The van der Waals surface area contributed by atoms with Crippen LogP contribution in [0.1, 0.15) is 13.3 Å². The van der Waals surface area contributed by atoms with E-state index in [-0.39, 0.29) is 12.3 Å². The summed E-state index contributed by atoms with van der Waals surface area (Å²) in [6, 6.07) is 0. The molecule has 0 aliphatic rings. The molecule has 0 heterocycles. The van der Waals surface area contributed by atoms with Crippen molar-refractivity contribution < 1.29 is 19.5 Å².